The van der Waals surface area contributed by atoms with Gasteiger partial charge in [-0.05, 0) is 84.0 Å². The van der Waals surface area contributed by atoms with Crippen LogP contribution in [-0.4, -0.2) is 72.3 Å². The highest BCUT2D eigenvalue weighted by Gasteiger charge is 2.45. The summed E-state index contributed by atoms with van der Waals surface area (Å²) in [6.45, 7) is 19.3. The van der Waals surface area contributed by atoms with E-state index in [-0.39, 0.29) is 23.5 Å². The summed E-state index contributed by atoms with van der Waals surface area (Å²) in [6.07, 6.45) is 4.18. The van der Waals surface area contributed by atoms with Gasteiger partial charge in [0.1, 0.15) is 0 Å². The number of rotatable bonds is 13. The average Bonchev–Trinajstić information content (AvgIpc) is 3.47. The van der Waals surface area contributed by atoms with Gasteiger partial charge in [0.25, 0.3) is 0 Å². The second kappa shape index (κ2) is 10.6. The van der Waals surface area contributed by atoms with Crippen molar-refractivity contribution in [2.45, 2.75) is 129 Å². The lowest BCUT2D eigenvalue weighted by atomic mass is 9.82. The van der Waals surface area contributed by atoms with Gasteiger partial charge in [0, 0.05) is 25.7 Å². The molecule has 0 spiro atoms. The van der Waals surface area contributed by atoms with Gasteiger partial charge in [-0.3, -0.25) is 0 Å². The lowest BCUT2D eigenvalue weighted by Crippen LogP contribution is -2.50. The Bertz CT molecular complexity index is 877. The van der Waals surface area contributed by atoms with Gasteiger partial charge < -0.3 is 5.11 Å². The van der Waals surface area contributed by atoms with E-state index in [9.17, 15) is 21.9 Å². The zero-order valence-electron chi connectivity index (χ0n) is 23.6. The van der Waals surface area contributed by atoms with Crippen LogP contribution in [-0.2, 0) is 20.0 Å². The maximum absolute atomic E-state index is 13.5. The summed E-state index contributed by atoms with van der Waals surface area (Å²) in [6, 6.07) is -0.365. The van der Waals surface area contributed by atoms with Gasteiger partial charge in [-0.2, -0.15) is 8.61 Å². The van der Waals surface area contributed by atoms with Gasteiger partial charge in [-0.25, -0.2) is 16.8 Å². The van der Waals surface area contributed by atoms with Crippen LogP contribution < -0.4 is 0 Å². The first kappa shape index (κ1) is 31.8. The van der Waals surface area contributed by atoms with Crippen LogP contribution in [0.3, 0.4) is 0 Å². The van der Waals surface area contributed by atoms with Crippen LogP contribution in [0, 0.1) is 10.8 Å². The van der Waals surface area contributed by atoms with Gasteiger partial charge in [-0.15, -0.1) is 0 Å². The minimum Gasteiger partial charge on any atom is -0.395 e. The Morgan fingerprint density at radius 1 is 0.824 bits per heavy atom. The predicted octanol–water partition coefficient (Wildman–Crippen LogP) is 4.61. The molecule has 1 fully saturated rings. The van der Waals surface area contributed by atoms with Crippen LogP contribution in [0.4, 0.5) is 0 Å². The summed E-state index contributed by atoms with van der Waals surface area (Å²) in [7, 11) is -5.48. The molecule has 0 bridgehead atoms. The Labute approximate surface area is 210 Å². The van der Waals surface area contributed by atoms with E-state index in [1.165, 1.54) is 4.31 Å². The summed E-state index contributed by atoms with van der Waals surface area (Å²) in [4.78, 5) is 0. The van der Waals surface area contributed by atoms with Crippen molar-refractivity contribution in [3.05, 3.63) is 0 Å². The van der Waals surface area contributed by atoms with Crippen LogP contribution in [0.25, 0.3) is 0 Å². The number of nitrogens with zero attached hydrogens (tertiary/aromatic N) is 2. The number of likely N-dealkylation sites (N-methyl/N-ethyl adjacent to an activating group) is 1. The summed E-state index contributed by atoms with van der Waals surface area (Å²) < 4.78 is 54.4. The first-order chi connectivity index (χ1) is 15.0. The fraction of sp³-hybridized carbons (Fsp3) is 1.00. The highest BCUT2D eigenvalue weighted by atomic mass is 32.2. The summed E-state index contributed by atoms with van der Waals surface area (Å²) in [5.41, 5.74) is -0.322. The van der Waals surface area contributed by atoms with Gasteiger partial charge in [0.05, 0.1) is 16.1 Å². The van der Waals surface area contributed by atoms with Gasteiger partial charge in [0.15, 0.2) is 0 Å². The number of hydrogen-bond acceptors (Lipinski definition) is 5. The van der Waals surface area contributed by atoms with E-state index in [1.54, 1.807) is 46.0 Å². The van der Waals surface area contributed by atoms with Crippen molar-refractivity contribution >= 4 is 20.0 Å². The molecule has 0 aliphatic heterocycles. The third-order valence-corrected chi connectivity index (χ3v) is 12.4. The van der Waals surface area contributed by atoms with Crippen molar-refractivity contribution in [2.75, 3.05) is 20.2 Å². The molecule has 1 aliphatic rings. The molecule has 0 unspecified atom stereocenters. The van der Waals surface area contributed by atoms with Crippen molar-refractivity contribution in [1.29, 1.82) is 0 Å². The highest BCUT2D eigenvalue weighted by molar-refractivity contribution is 7.90. The molecule has 9 heteroatoms. The number of hydrogen-bond donors (Lipinski definition) is 1. The smallest absolute Gasteiger partial charge is 0.219 e. The topological polar surface area (TPSA) is 95.0 Å². The fourth-order valence-corrected chi connectivity index (χ4v) is 7.43. The SMILES string of the molecule is CN([C@@H](CO)CC(C)(C)C)S(=O)(=O)C(C)(C)CCC(C)(C)CCN(C1CC1)S(=O)(=O)C(C)(C)C. The van der Waals surface area contributed by atoms with E-state index in [0.29, 0.717) is 32.2 Å². The van der Waals surface area contributed by atoms with Crippen LogP contribution in [0.5, 0.6) is 0 Å². The molecule has 7 nitrogen and oxygen atoms in total. The molecular formula is C25H52N2O5S2. The highest BCUT2D eigenvalue weighted by Crippen LogP contribution is 2.38. The van der Waals surface area contributed by atoms with Crippen molar-refractivity contribution < 1.29 is 21.9 Å². The Kier molecular flexibility index (Phi) is 9.95. The molecule has 1 saturated carbocycles. The van der Waals surface area contributed by atoms with Crippen LogP contribution in [0.1, 0.15) is 108 Å². The minimum atomic E-state index is -3.65. The monoisotopic (exact) mass is 524 g/mol. The number of aliphatic hydroxyl groups is 1. The zero-order chi connectivity index (χ0) is 27.0. The van der Waals surface area contributed by atoms with Crippen molar-refractivity contribution in [1.82, 2.24) is 8.61 Å². The second-order valence-corrected chi connectivity index (χ2v) is 19.0. The van der Waals surface area contributed by atoms with Crippen LogP contribution in [0.2, 0.25) is 0 Å². The Morgan fingerprint density at radius 3 is 1.71 bits per heavy atom. The van der Waals surface area contributed by atoms with Crippen LogP contribution >= 0.6 is 0 Å². The fourth-order valence-electron chi connectivity index (χ4n) is 4.12. The first-order valence-corrected chi connectivity index (χ1v) is 15.5. The standard InChI is InChI=1S/C25H52N2O5S2/c1-22(2,3)18-21(19-28)26(11)34(31,32)25(9,10)15-14-24(7,8)16-17-27(20-12-13-20)33(29,30)23(4,5)6/h20-21,28H,12-19H2,1-11H3/t21-/m1/s1. The van der Waals surface area contributed by atoms with E-state index < -0.39 is 35.6 Å². The molecule has 0 aromatic carbocycles. The normalized spacial score (nSPS) is 18.1. The van der Waals surface area contributed by atoms with Gasteiger partial charge in [0.2, 0.25) is 20.0 Å². The first-order valence-electron chi connectivity index (χ1n) is 12.6. The van der Waals surface area contributed by atoms with Gasteiger partial charge >= 0.3 is 0 Å². The zero-order valence-corrected chi connectivity index (χ0v) is 25.2. The third-order valence-electron chi connectivity index (χ3n) is 7.10. The maximum Gasteiger partial charge on any atom is 0.219 e. The molecule has 1 atom stereocenters. The molecule has 1 N–H and O–H groups in total. The quantitative estimate of drug-likeness (QED) is 0.380. The Hall–Kier alpha value is -0.220. The summed E-state index contributed by atoms with van der Waals surface area (Å²) in [5.74, 6) is 0. The average molecular weight is 525 g/mol. The molecule has 1 aliphatic carbocycles. The van der Waals surface area contributed by atoms with Crippen molar-refractivity contribution in [3.8, 4) is 0 Å². The molecule has 0 saturated heterocycles. The molecular weight excluding hydrogens is 472 g/mol. The van der Waals surface area contributed by atoms with E-state index in [1.807, 2.05) is 20.8 Å². The molecule has 0 aromatic rings. The predicted molar refractivity (Wildman–Crippen MR) is 142 cm³/mol. The lowest BCUT2D eigenvalue weighted by Gasteiger charge is -2.38. The summed E-state index contributed by atoms with van der Waals surface area (Å²) >= 11 is 0. The molecule has 0 aromatic heterocycles. The molecule has 34 heavy (non-hydrogen) atoms. The van der Waals surface area contributed by atoms with E-state index >= 15 is 0 Å². The third kappa shape index (κ3) is 8.15. The lowest BCUT2D eigenvalue weighted by molar-refractivity contribution is 0.157. The molecule has 0 heterocycles. The summed E-state index contributed by atoms with van der Waals surface area (Å²) in [5, 5.41) is 9.88. The van der Waals surface area contributed by atoms with E-state index in [2.05, 4.69) is 13.8 Å². The maximum atomic E-state index is 13.5. The minimum absolute atomic E-state index is 0.101. The van der Waals surface area contributed by atoms with Crippen LogP contribution in [0.15, 0.2) is 0 Å². The van der Waals surface area contributed by atoms with Crippen molar-refractivity contribution in [3.63, 3.8) is 0 Å². The molecule has 0 radical (unpaired) electrons. The number of aliphatic hydroxyl groups excluding tert-OH is 1. The van der Waals surface area contributed by atoms with E-state index in [4.69, 9.17) is 0 Å². The molecule has 1 rings (SSSR count). The molecule has 0 amide bonds. The number of sulfonamides is 2. The Balaban J connectivity index is 2.90. The molecule has 204 valence electrons. The van der Waals surface area contributed by atoms with Gasteiger partial charge in [-0.1, -0.05) is 34.6 Å². The second-order valence-electron chi connectivity index (χ2n) is 13.8. The van der Waals surface area contributed by atoms with E-state index in [0.717, 1.165) is 12.8 Å². The van der Waals surface area contributed by atoms with Crippen molar-refractivity contribution in [2.24, 2.45) is 10.8 Å². The largest absolute Gasteiger partial charge is 0.395 e. The Morgan fingerprint density at radius 2 is 1.32 bits per heavy atom.